The van der Waals surface area contributed by atoms with Crippen LogP contribution < -0.4 is 10.1 Å². The van der Waals surface area contributed by atoms with Crippen molar-refractivity contribution in [2.24, 2.45) is 5.92 Å². The van der Waals surface area contributed by atoms with E-state index in [0.29, 0.717) is 0 Å². The van der Waals surface area contributed by atoms with Crippen molar-refractivity contribution in [3.05, 3.63) is 29.8 Å². The Labute approximate surface area is 94.2 Å². The molecule has 0 saturated carbocycles. The van der Waals surface area contributed by atoms with E-state index in [4.69, 9.17) is 4.74 Å². The van der Waals surface area contributed by atoms with Gasteiger partial charge in [-0.3, -0.25) is 4.79 Å². The number of hydrogen-bond donors (Lipinski definition) is 2. The van der Waals surface area contributed by atoms with Crippen LogP contribution in [-0.4, -0.2) is 31.3 Å². The second kappa shape index (κ2) is 4.53. The monoisotopic (exact) mass is 221 g/mol. The molecule has 2 N–H and O–H groups in total. The van der Waals surface area contributed by atoms with Gasteiger partial charge in [0.1, 0.15) is 5.75 Å². The summed E-state index contributed by atoms with van der Waals surface area (Å²) in [6, 6.07) is 7.26. The molecule has 0 bridgehead atoms. The van der Waals surface area contributed by atoms with Gasteiger partial charge < -0.3 is 15.2 Å². The van der Waals surface area contributed by atoms with Crippen LogP contribution in [0.1, 0.15) is 11.5 Å². The zero-order chi connectivity index (χ0) is 11.5. The van der Waals surface area contributed by atoms with Gasteiger partial charge in [-0.05, 0) is 17.7 Å². The highest BCUT2D eigenvalue weighted by molar-refractivity contribution is 5.76. The fourth-order valence-corrected chi connectivity index (χ4v) is 1.97. The lowest BCUT2D eigenvalue weighted by Crippen LogP contribution is -2.47. The summed E-state index contributed by atoms with van der Waals surface area (Å²) >= 11 is 0. The van der Waals surface area contributed by atoms with Gasteiger partial charge in [0.2, 0.25) is 0 Å². The summed E-state index contributed by atoms with van der Waals surface area (Å²) in [5.74, 6) is -0.214. The van der Waals surface area contributed by atoms with Crippen molar-refractivity contribution < 1.29 is 14.6 Å². The summed E-state index contributed by atoms with van der Waals surface area (Å²) in [4.78, 5) is 11.2. The molecule has 1 unspecified atom stereocenters. The normalized spacial score (nSPS) is 17.6. The summed E-state index contributed by atoms with van der Waals surface area (Å²) in [6.07, 6.45) is 0. The summed E-state index contributed by atoms with van der Waals surface area (Å²) in [5.41, 5.74) is 0.847. The van der Waals surface area contributed by atoms with Crippen LogP contribution in [0.2, 0.25) is 0 Å². The van der Waals surface area contributed by atoms with Crippen LogP contribution in [0.4, 0.5) is 0 Å². The van der Waals surface area contributed by atoms with Crippen LogP contribution in [0.15, 0.2) is 24.3 Å². The van der Waals surface area contributed by atoms with Crippen molar-refractivity contribution in [1.82, 2.24) is 5.32 Å². The lowest BCUT2D eigenvalue weighted by Gasteiger charge is -2.32. The molecule has 1 aromatic rings. The van der Waals surface area contributed by atoms with Gasteiger partial charge in [-0.1, -0.05) is 12.1 Å². The number of hydrogen-bond acceptors (Lipinski definition) is 3. The number of carboxylic acid groups (broad SMARTS) is 1. The highest BCUT2D eigenvalue weighted by atomic mass is 16.5. The summed E-state index contributed by atoms with van der Waals surface area (Å²) < 4.78 is 5.05. The first-order chi connectivity index (χ1) is 7.72. The fourth-order valence-electron chi connectivity index (χ4n) is 1.97. The number of aliphatic carboxylic acids is 1. The van der Waals surface area contributed by atoms with Crippen LogP contribution in [0.3, 0.4) is 0 Å². The highest BCUT2D eigenvalue weighted by Gasteiger charge is 2.33. The molecule has 4 nitrogen and oxygen atoms in total. The molecule has 4 heteroatoms. The quantitative estimate of drug-likeness (QED) is 0.798. The first kappa shape index (κ1) is 11.0. The van der Waals surface area contributed by atoms with Crippen LogP contribution >= 0.6 is 0 Å². The van der Waals surface area contributed by atoms with Crippen LogP contribution in [0.5, 0.6) is 5.75 Å². The first-order valence-electron chi connectivity index (χ1n) is 5.30. The van der Waals surface area contributed by atoms with E-state index in [1.54, 1.807) is 19.2 Å². The Hall–Kier alpha value is -1.55. The van der Waals surface area contributed by atoms with Gasteiger partial charge in [0, 0.05) is 19.0 Å². The van der Waals surface area contributed by atoms with E-state index in [9.17, 15) is 9.90 Å². The van der Waals surface area contributed by atoms with Gasteiger partial charge in [-0.15, -0.1) is 0 Å². The molecule has 1 fully saturated rings. The zero-order valence-electron chi connectivity index (χ0n) is 9.14. The maximum absolute atomic E-state index is 11.2. The number of rotatable bonds is 4. The van der Waals surface area contributed by atoms with E-state index in [-0.39, 0.29) is 5.92 Å². The van der Waals surface area contributed by atoms with Gasteiger partial charge in [-0.25, -0.2) is 0 Å². The molecule has 1 aliphatic heterocycles. The molecule has 0 aromatic heterocycles. The molecular weight excluding hydrogens is 206 g/mol. The van der Waals surface area contributed by atoms with Gasteiger partial charge >= 0.3 is 5.97 Å². The molecule has 0 aliphatic carbocycles. The summed E-state index contributed by atoms with van der Waals surface area (Å²) in [7, 11) is 1.60. The second-order valence-corrected chi connectivity index (χ2v) is 4.01. The van der Waals surface area contributed by atoms with Crippen molar-refractivity contribution in [2.75, 3.05) is 20.2 Å². The van der Waals surface area contributed by atoms with Crippen LogP contribution in [0.25, 0.3) is 0 Å². The van der Waals surface area contributed by atoms with Gasteiger partial charge in [0.05, 0.1) is 13.0 Å². The van der Waals surface area contributed by atoms with E-state index >= 15 is 0 Å². The molecule has 1 atom stereocenters. The Morgan fingerprint density at radius 2 is 2.06 bits per heavy atom. The number of carboxylic acids is 1. The molecule has 0 radical (unpaired) electrons. The number of methoxy groups -OCH3 is 1. The smallest absolute Gasteiger partial charge is 0.311 e. The van der Waals surface area contributed by atoms with Crippen LogP contribution in [-0.2, 0) is 4.79 Å². The summed E-state index contributed by atoms with van der Waals surface area (Å²) in [6.45, 7) is 1.56. The lowest BCUT2D eigenvalue weighted by molar-refractivity contribution is -0.140. The number of carbonyl (C=O) groups is 1. The van der Waals surface area contributed by atoms with Crippen molar-refractivity contribution >= 4 is 5.97 Å². The molecule has 1 aromatic carbocycles. The van der Waals surface area contributed by atoms with E-state index in [2.05, 4.69) is 5.32 Å². The predicted molar refractivity (Wildman–Crippen MR) is 59.7 cm³/mol. The van der Waals surface area contributed by atoms with E-state index in [1.807, 2.05) is 12.1 Å². The minimum atomic E-state index is -0.753. The van der Waals surface area contributed by atoms with Gasteiger partial charge in [0.25, 0.3) is 0 Å². The maximum atomic E-state index is 11.2. The maximum Gasteiger partial charge on any atom is 0.311 e. The molecule has 0 spiro atoms. The molecule has 1 saturated heterocycles. The second-order valence-electron chi connectivity index (χ2n) is 4.01. The third-order valence-electron chi connectivity index (χ3n) is 3.03. The van der Waals surface area contributed by atoms with Gasteiger partial charge in [-0.2, -0.15) is 0 Å². The average molecular weight is 221 g/mol. The minimum Gasteiger partial charge on any atom is -0.497 e. The SMILES string of the molecule is COc1ccc(C(C(=O)O)C2CNC2)cc1. The standard InChI is InChI=1S/C12H15NO3/c1-16-10-4-2-8(3-5-10)11(12(14)15)9-6-13-7-9/h2-5,9,11,13H,6-7H2,1H3,(H,14,15). The molecule has 86 valence electrons. The topological polar surface area (TPSA) is 58.6 Å². The van der Waals surface area contributed by atoms with E-state index < -0.39 is 11.9 Å². The zero-order valence-corrected chi connectivity index (χ0v) is 9.14. The third-order valence-corrected chi connectivity index (χ3v) is 3.03. The highest BCUT2D eigenvalue weighted by Crippen LogP contribution is 2.29. The Kier molecular flexibility index (Phi) is 3.10. The molecule has 1 heterocycles. The fraction of sp³-hybridized carbons (Fsp3) is 0.417. The van der Waals surface area contributed by atoms with Crippen molar-refractivity contribution in [2.45, 2.75) is 5.92 Å². The Balaban J connectivity index is 2.20. The van der Waals surface area contributed by atoms with Crippen molar-refractivity contribution in [3.63, 3.8) is 0 Å². The molecule has 2 rings (SSSR count). The van der Waals surface area contributed by atoms with Crippen molar-refractivity contribution in [1.29, 1.82) is 0 Å². The number of benzene rings is 1. The van der Waals surface area contributed by atoms with E-state index in [1.165, 1.54) is 0 Å². The Bertz CT molecular complexity index is 370. The predicted octanol–water partition coefficient (Wildman–Crippen LogP) is 1.08. The van der Waals surface area contributed by atoms with Crippen LogP contribution in [0, 0.1) is 5.92 Å². The first-order valence-corrected chi connectivity index (χ1v) is 5.30. The molecule has 0 amide bonds. The molecule has 1 aliphatic rings. The Morgan fingerprint density at radius 1 is 1.44 bits per heavy atom. The third kappa shape index (κ3) is 2.02. The number of nitrogens with one attached hydrogen (secondary N) is 1. The van der Waals surface area contributed by atoms with Gasteiger partial charge in [0.15, 0.2) is 0 Å². The van der Waals surface area contributed by atoms with E-state index in [0.717, 1.165) is 24.4 Å². The summed E-state index contributed by atoms with van der Waals surface area (Å²) in [5, 5.41) is 12.3. The average Bonchev–Trinajstić information content (AvgIpc) is 2.23. The molecule has 16 heavy (non-hydrogen) atoms. The number of ether oxygens (including phenoxy) is 1. The Morgan fingerprint density at radius 3 is 2.44 bits per heavy atom. The molecular formula is C12H15NO3. The van der Waals surface area contributed by atoms with Crippen molar-refractivity contribution in [3.8, 4) is 5.75 Å². The lowest BCUT2D eigenvalue weighted by atomic mass is 9.82. The minimum absolute atomic E-state index is 0.200. The largest absolute Gasteiger partial charge is 0.497 e.